The highest BCUT2D eigenvalue weighted by Crippen LogP contribution is 2.38. The number of benzene rings is 1. The summed E-state index contributed by atoms with van der Waals surface area (Å²) in [6.07, 6.45) is 3.90. The number of hydrogen-bond donors (Lipinski definition) is 4. The molecule has 5 rings (SSSR count). The maximum absolute atomic E-state index is 13.2. The zero-order chi connectivity index (χ0) is 22.9. The quantitative estimate of drug-likeness (QED) is 0.404. The highest BCUT2D eigenvalue weighted by molar-refractivity contribution is 6.09. The van der Waals surface area contributed by atoms with Gasteiger partial charge in [-0.2, -0.15) is 0 Å². The molecule has 3 heterocycles. The van der Waals surface area contributed by atoms with Crippen molar-refractivity contribution in [1.29, 1.82) is 0 Å². The van der Waals surface area contributed by atoms with E-state index in [1.807, 2.05) is 25.1 Å². The van der Waals surface area contributed by atoms with Crippen LogP contribution in [0.2, 0.25) is 0 Å². The van der Waals surface area contributed by atoms with Gasteiger partial charge in [0.25, 0.3) is 5.91 Å². The SMILES string of the molecule is COc1ccc(OCC2CC2)c(-c2ncnc3c(C(=O)N[C@@H]4CCNC[C@@H]4O)c(C)[nH]c23)c1.Cl. The molecule has 2 aliphatic rings. The van der Waals surface area contributed by atoms with Crippen LogP contribution in [0, 0.1) is 12.8 Å². The Kier molecular flexibility index (Phi) is 7.25. The number of aliphatic hydroxyl groups is 1. The molecule has 1 aliphatic heterocycles. The number of H-pyrrole nitrogens is 1. The lowest BCUT2D eigenvalue weighted by Crippen LogP contribution is -2.52. The lowest BCUT2D eigenvalue weighted by Gasteiger charge is -2.29. The van der Waals surface area contributed by atoms with Crippen LogP contribution in [0.15, 0.2) is 24.5 Å². The number of aromatic amines is 1. The van der Waals surface area contributed by atoms with Crippen LogP contribution in [0.4, 0.5) is 0 Å². The molecular weight excluding hydrogens is 458 g/mol. The first-order chi connectivity index (χ1) is 16.0. The van der Waals surface area contributed by atoms with Crippen molar-refractivity contribution < 1.29 is 19.4 Å². The van der Waals surface area contributed by atoms with Crippen molar-refractivity contribution in [3.8, 4) is 22.8 Å². The van der Waals surface area contributed by atoms with Crippen LogP contribution in [-0.4, -0.2) is 64.9 Å². The number of carbonyl (C=O) groups excluding carboxylic acids is 1. The standard InChI is InChI=1S/C24H29N5O4.ClH/c1-13-20(24(31)29-17-7-8-25-10-18(17)30)22-23(28-13)21(26-12-27-22)16-9-15(32-2)5-6-19(16)33-11-14-3-4-14;/h5-6,9,12,14,17-18,25,28,30H,3-4,7-8,10-11H2,1-2H3,(H,29,31);1H/t17-,18+;/m1./s1. The molecule has 34 heavy (non-hydrogen) atoms. The van der Waals surface area contributed by atoms with Gasteiger partial charge in [0.05, 0.1) is 36.9 Å². The van der Waals surface area contributed by atoms with Gasteiger partial charge in [-0.25, -0.2) is 9.97 Å². The van der Waals surface area contributed by atoms with Crippen molar-refractivity contribution in [2.24, 2.45) is 5.92 Å². The number of piperidine rings is 1. The van der Waals surface area contributed by atoms with Crippen molar-refractivity contribution in [3.63, 3.8) is 0 Å². The third-order valence-electron chi connectivity index (χ3n) is 6.38. The minimum atomic E-state index is -0.624. The molecule has 1 amide bonds. The van der Waals surface area contributed by atoms with Gasteiger partial charge in [-0.1, -0.05) is 0 Å². The Morgan fingerprint density at radius 1 is 1.26 bits per heavy atom. The molecule has 10 heteroatoms. The van der Waals surface area contributed by atoms with Crippen LogP contribution >= 0.6 is 12.4 Å². The zero-order valence-electron chi connectivity index (χ0n) is 19.3. The maximum Gasteiger partial charge on any atom is 0.255 e. The normalized spacial score (nSPS) is 20.0. The van der Waals surface area contributed by atoms with Gasteiger partial charge in [-0.05, 0) is 56.8 Å². The summed E-state index contributed by atoms with van der Waals surface area (Å²) in [6, 6.07) is 5.36. The summed E-state index contributed by atoms with van der Waals surface area (Å²) in [5, 5.41) is 16.3. The molecule has 4 N–H and O–H groups in total. The van der Waals surface area contributed by atoms with E-state index in [1.165, 1.54) is 19.2 Å². The Hall–Kier alpha value is -2.88. The van der Waals surface area contributed by atoms with E-state index in [0.29, 0.717) is 59.2 Å². The number of nitrogens with zero attached hydrogens (tertiary/aromatic N) is 2. The number of halogens is 1. The predicted octanol–water partition coefficient (Wildman–Crippen LogP) is 2.61. The van der Waals surface area contributed by atoms with Crippen LogP contribution in [0.3, 0.4) is 0 Å². The molecule has 1 aliphatic carbocycles. The first kappa shape index (κ1) is 24.3. The summed E-state index contributed by atoms with van der Waals surface area (Å²) in [7, 11) is 1.62. The fourth-order valence-corrected chi connectivity index (χ4v) is 4.29. The van der Waals surface area contributed by atoms with Crippen molar-refractivity contribution in [1.82, 2.24) is 25.6 Å². The van der Waals surface area contributed by atoms with Gasteiger partial charge in [0.2, 0.25) is 0 Å². The number of amides is 1. The fourth-order valence-electron chi connectivity index (χ4n) is 4.29. The average molecular weight is 488 g/mol. The van der Waals surface area contributed by atoms with E-state index in [9.17, 15) is 9.90 Å². The monoisotopic (exact) mass is 487 g/mol. The number of carbonyl (C=O) groups is 1. The van der Waals surface area contributed by atoms with E-state index in [1.54, 1.807) is 7.11 Å². The fraction of sp³-hybridized carbons (Fsp3) is 0.458. The Labute approximate surface area is 204 Å². The number of aliphatic hydroxyl groups excluding tert-OH is 1. The van der Waals surface area contributed by atoms with Gasteiger partial charge in [-0.15, -0.1) is 12.4 Å². The molecule has 182 valence electrons. The summed E-state index contributed by atoms with van der Waals surface area (Å²) in [5.41, 5.74) is 3.78. The molecule has 1 aromatic carbocycles. The molecule has 0 radical (unpaired) electrons. The summed E-state index contributed by atoms with van der Waals surface area (Å²) in [4.78, 5) is 25.5. The number of fused-ring (bicyclic) bond motifs is 1. The van der Waals surface area contributed by atoms with Gasteiger partial charge in [-0.3, -0.25) is 4.79 Å². The molecule has 2 aromatic heterocycles. The summed E-state index contributed by atoms with van der Waals surface area (Å²) >= 11 is 0. The largest absolute Gasteiger partial charge is 0.497 e. The van der Waals surface area contributed by atoms with Gasteiger partial charge in [0.1, 0.15) is 29.0 Å². The van der Waals surface area contributed by atoms with Crippen LogP contribution < -0.4 is 20.1 Å². The molecule has 0 spiro atoms. The van der Waals surface area contributed by atoms with Crippen molar-refractivity contribution in [2.45, 2.75) is 38.3 Å². The van der Waals surface area contributed by atoms with Crippen molar-refractivity contribution in [2.75, 3.05) is 26.8 Å². The smallest absolute Gasteiger partial charge is 0.255 e. The van der Waals surface area contributed by atoms with Gasteiger partial charge >= 0.3 is 0 Å². The highest BCUT2D eigenvalue weighted by atomic mass is 35.5. The second-order valence-corrected chi connectivity index (χ2v) is 8.83. The van der Waals surface area contributed by atoms with Crippen LogP contribution in [0.5, 0.6) is 11.5 Å². The van der Waals surface area contributed by atoms with E-state index in [-0.39, 0.29) is 24.4 Å². The number of rotatable bonds is 7. The maximum atomic E-state index is 13.2. The highest BCUT2D eigenvalue weighted by Gasteiger charge is 2.28. The van der Waals surface area contributed by atoms with E-state index in [2.05, 4.69) is 25.6 Å². The van der Waals surface area contributed by atoms with Crippen molar-refractivity contribution >= 4 is 29.3 Å². The number of aromatic nitrogens is 3. The average Bonchev–Trinajstić information content (AvgIpc) is 3.58. The Balaban J connectivity index is 0.00000274. The molecule has 2 fully saturated rings. The predicted molar refractivity (Wildman–Crippen MR) is 131 cm³/mol. The molecule has 2 atom stereocenters. The van der Waals surface area contributed by atoms with Crippen LogP contribution in [-0.2, 0) is 0 Å². The molecular formula is C24H30ClN5O4. The summed E-state index contributed by atoms with van der Waals surface area (Å²) in [5.74, 6) is 1.76. The van der Waals surface area contributed by atoms with E-state index < -0.39 is 6.10 Å². The Bertz CT molecular complexity index is 1180. The zero-order valence-corrected chi connectivity index (χ0v) is 20.1. The van der Waals surface area contributed by atoms with E-state index in [0.717, 1.165) is 17.9 Å². The lowest BCUT2D eigenvalue weighted by atomic mass is 10.0. The van der Waals surface area contributed by atoms with Crippen LogP contribution in [0.1, 0.15) is 35.3 Å². The lowest BCUT2D eigenvalue weighted by molar-refractivity contribution is 0.0766. The van der Waals surface area contributed by atoms with E-state index >= 15 is 0 Å². The number of methoxy groups -OCH3 is 1. The van der Waals surface area contributed by atoms with Crippen molar-refractivity contribution in [3.05, 3.63) is 35.8 Å². The molecule has 0 unspecified atom stereocenters. The second kappa shape index (κ2) is 10.2. The number of β-amino-alcohol motifs (C(OH)–C–C–N with tert-alkyl or cyclic N) is 1. The van der Waals surface area contributed by atoms with Gasteiger partial charge in [0.15, 0.2) is 0 Å². The third-order valence-corrected chi connectivity index (χ3v) is 6.38. The number of hydrogen-bond acceptors (Lipinski definition) is 7. The molecule has 1 saturated heterocycles. The van der Waals surface area contributed by atoms with Crippen LogP contribution in [0.25, 0.3) is 22.3 Å². The van der Waals surface area contributed by atoms with E-state index in [4.69, 9.17) is 9.47 Å². The minimum Gasteiger partial charge on any atom is -0.497 e. The number of aryl methyl sites for hydroxylation is 1. The number of ether oxygens (including phenoxy) is 2. The molecule has 1 saturated carbocycles. The second-order valence-electron chi connectivity index (χ2n) is 8.83. The third kappa shape index (κ3) is 4.82. The Morgan fingerprint density at radius 3 is 2.82 bits per heavy atom. The van der Waals surface area contributed by atoms with Gasteiger partial charge < -0.3 is 30.2 Å². The molecule has 3 aromatic rings. The first-order valence-corrected chi connectivity index (χ1v) is 11.4. The minimum absolute atomic E-state index is 0. The number of nitrogens with one attached hydrogen (secondary N) is 3. The van der Waals surface area contributed by atoms with Gasteiger partial charge in [0, 0.05) is 17.8 Å². The summed E-state index contributed by atoms with van der Waals surface area (Å²) in [6.45, 7) is 3.73. The Morgan fingerprint density at radius 2 is 2.09 bits per heavy atom. The molecule has 9 nitrogen and oxygen atoms in total. The summed E-state index contributed by atoms with van der Waals surface area (Å²) < 4.78 is 11.6. The first-order valence-electron chi connectivity index (χ1n) is 11.4. The molecule has 0 bridgehead atoms. The topological polar surface area (TPSA) is 121 Å².